The number of hydrogen-bond acceptors (Lipinski definition) is 4. The maximum absolute atomic E-state index is 5.81. The van der Waals surface area contributed by atoms with E-state index in [2.05, 4.69) is 43.7 Å². The lowest BCUT2D eigenvalue weighted by molar-refractivity contribution is 0.292. The molecule has 0 aliphatic heterocycles. The van der Waals surface area contributed by atoms with Crippen LogP contribution in [0, 0.1) is 11.8 Å². The molecular formula is C32H53N3OSi. The van der Waals surface area contributed by atoms with Crippen molar-refractivity contribution in [3.8, 4) is 17.1 Å². The summed E-state index contributed by atoms with van der Waals surface area (Å²) in [5, 5.41) is 1.16. The number of ether oxygens (including phenoxy) is 1. The number of pyridine rings is 1. The maximum atomic E-state index is 5.81. The van der Waals surface area contributed by atoms with Crippen molar-refractivity contribution in [2.45, 2.75) is 130 Å². The summed E-state index contributed by atoms with van der Waals surface area (Å²) in [5.74, 6) is 2.36. The van der Waals surface area contributed by atoms with Crippen molar-refractivity contribution in [2.75, 3.05) is 6.61 Å². The van der Waals surface area contributed by atoms with Crippen LogP contribution < -0.4 is 10.1 Å². The van der Waals surface area contributed by atoms with E-state index in [0.717, 1.165) is 41.4 Å². The lowest BCUT2D eigenvalue weighted by Crippen LogP contribution is -2.21. The van der Waals surface area contributed by atoms with Crippen LogP contribution in [0.1, 0.15) is 124 Å². The van der Waals surface area contributed by atoms with Gasteiger partial charge >= 0.3 is 0 Å². The second-order valence-corrected chi connectivity index (χ2v) is 12.3. The van der Waals surface area contributed by atoms with E-state index in [1.165, 1.54) is 95.9 Å². The summed E-state index contributed by atoms with van der Waals surface area (Å²) in [4.78, 5) is 13.9. The van der Waals surface area contributed by atoms with Gasteiger partial charge in [0.2, 0.25) is 5.88 Å². The van der Waals surface area contributed by atoms with Gasteiger partial charge in [-0.05, 0) is 30.4 Å². The fourth-order valence-corrected chi connectivity index (χ4v) is 6.00. The van der Waals surface area contributed by atoms with E-state index >= 15 is 0 Å². The van der Waals surface area contributed by atoms with E-state index in [1.54, 1.807) is 6.20 Å². The Balaban J connectivity index is 1.67. The zero-order valence-corrected chi connectivity index (χ0v) is 25.3. The minimum Gasteiger partial charge on any atom is -0.477 e. The van der Waals surface area contributed by atoms with Crippen LogP contribution in [0.15, 0.2) is 30.7 Å². The van der Waals surface area contributed by atoms with Crippen molar-refractivity contribution in [3.05, 3.63) is 30.7 Å². The number of unbranched alkanes of at least 4 members (excludes halogenated alkanes) is 8. The largest absolute Gasteiger partial charge is 0.477 e. The summed E-state index contributed by atoms with van der Waals surface area (Å²) < 4.78 is 5.81. The highest BCUT2D eigenvalue weighted by Gasteiger charge is 2.10. The molecule has 2 aromatic rings. The van der Waals surface area contributed by atoms with Crippen molar-refractivity contribution < 1.29 is 4.74 Å². The van der Waals surface area contributed by atoms with Crippen LogP contribution in [0.4, 0.5) is 0 Å². The first-order chi connectivity index (χ1) is 18.1. The number of nitrogens with zero attached hydrogens (tertiary/aromatic N) is 3. The van der Waals surface area contributed by atoms with Gasteiger partial charge in [0.05, 0.1) is 24.7 Å². The molecule has 37 heavy (non-hydrogen) atoms. The Hall–Kier alpha value is -1.75. The summed E-state index contributed by atoms with van der Waals surface area (Å²) in [6.45, 7) is 10.1. The molecule has 2 atom stereocenters. The molecule has 0 amide bonds. The summed E-state index contributed by atoms with van der Waals surface area (Å²) in [7, 11) is 0.715. The Morgan fingerprint density at radius 2 is 1.41 bits per heavy atom. The van der Waals surface area contributed by atoms with Crippen LogP contribution >= 0.6 is 0 Å². The minimum atomic E-state index is 0.620. The maximum Gasteiger partial charge on any atom is 0.232 e. The van der Waals surface area contributed by atoms with Gasteiger partial charge in [0.15, 0.2) is 0 Å². The van der Waals surface area contributed by atoms with Gasteiger partial charge in [-0.3, -0.25) is 4.98 Å². The Bertz CT molecular complexity index is 814. The lowest BCUT2D eigenvalue weighted by atomic mass is 9.91. The van der Waals surface area contributed by atoms with Gasteiger partial charge in [-0.25, -0.2) is 9.97 Å². The standard InChI is InChI=1S/C32H53N3OSi/c1-5-7-9-10-11-14-23-36-31-26-34-30(25-35-31)29-19-16-22-33-32(29)37-24-15-13-18-28(4)21-20-27(3)17-12-8-6-2/h16,19,22,25-28H,5-15,17-18,20-21,23-24H2,1-4H3. The number of rotatable bonds is 22. The van der Waals surface area contributed by atoms with E-state index in [1.807, 2.05) is 18.5 Å². The first-order valence-corrected chi connectivity index (χ1v) is 16.5. The summed E-state index contributed by atoms with van der Waals surface area (Å²) >= 11 is 0. The summed E-state index contributed by atoms with van der Waals surface area (Å²) in [5.41, 5.74) is 2.01. The minimum absolute atomic E-state index is 0.620. The van der Waals surface area contributed by atoms with Crippen LogP contribution in [0.25, 0.3) is 11.3 Å². The Kier molecular flexibility index (Phi) is 17.2. The van der Waals surface area contributed by atoms with E-state index in [0.29, 0.717) is 15.4 Å². The average molecular weight is 524 g/mol. The molecule has 2 radical (unpaired) electrons. The van der Waals surface area contributed by atoms with Crippen LogP contribution in [0.3, 0.4) is 0 Å². The second-order valence-electron chi connectivity index (χ2n) is 11.0. The molecule has 0 aliphatic rings. The van der Waals surface area contributed by atoms with Crippen molar-refractivity contribution in [1.29, 1.82) is 0 Å². The van der Waals surface area contributed by atoms with Gasteiger partial charge in [-0.2, -0.15) is 0 Å². The van der Waals surface area contributed by atoms with Crippen molar-refractivity contribution in [3.63, 3.8) is 0 Å². The molecule has 4 nitrogen and oxygen atoms in total. The first-order valence-electron chi connectivity index (χ1n) is 15.3. The summed E-state index contributed by atoms with van der Waals surface area (Å²) in [6.07, 6.45) is 25.3. The van der Waals surface area contributed by atoms with Gasteiger partial charge in [-0.15, -0.1) is 0 Å². The first kappa shape index (κ1) is 31.5. The Labute approximate surface area is 230 Å². The van der Waals surface area contributed by atoms with Gasteiger partial charge in [-0.1, -0.05) is 124 Å². The van der Waals surface area contributed by atoms with E-state index in [4.69, 9.17) is 9.72 Å². The fourth-order valence-electron chi connectivity index (χ4n) is 4.77. The predicted molar refractivity (Wildman–Crippen MR) is 160 cm³/mol. The molecule has 0 fully saturated rings. The van der Waals surface area contributed by atoms with Crippen LogP contribution in [-0.4, -0.2) is 31.1 Å². The van der Waals surface area contributed by atoms with Gasteiger partial charge in [0.1, 0.15) is 9.52 Å². The monoisotopic (exact) mass is 523 g/mol. The molecule has 5 heteroatoms. The topological polar surface area (TPSA) is 47.9 Å². The van der Waals surface area contributed by atoms with Crippen LogP contribution in [0.5, 0.6) is 5.88 Å². The van der Waals surface area contributed by atoms with E-state index in [-0.39, 0.29) is 0 Å². The Morgan fingerprint density at radius 1 is 0.730 bits per heavy atom. The van der Waals surface area contributed by atoms with Crippen molar-refractivity contribution in [2.24, 2.45) is 11.8 Å². The third-order valence-electron chi connectivity index (χ3n) is 7.33. The number of aromatic nitrogens is 3. The highest BCUT2D eigenvalue weighted by atomic mass is 28.2. The normalized spacial score (nSPS) is 13.0. The molecule has 2 rings (SSSR count). The van der Waals surface area contributed by atoms with Crippen molar-refractivity contribution >= 4 is 14.8 Å². The van der Waals surface area contributed by atoms with Gasteiger partial charge < -0.3 is 4.74 Å². The second kappa shape index (κ2) is 20.2. The Morgan fingerprint density at radius 3 is 2.11 bits per heavy atom. The predicted octanol–water partition coefficient (Wildman–Crippen LogP) is 8.83. The van der Waals surface area contributed by atoms with Gasteiger partial charge in [0, 0.05) is 17.1 Å². The molecule has 0 bridgehead atoms. The zero-order chi connectivity index (χ0) is 26.6. The molecular weight excluding hydrogens is 470 g/mol. The highest BCUT2D eigenvalue weighted by molar-refractivity contribution is 6.54. The van der Waals surface area contributed by atoms with Crippen LogP contribution in [0.2, 0.25) is 6.04 Å². The molecule has 0 aromatic carbocycles. The molecule has 2 aromatic heterocycles. The third-order valence-corrected chi connectivity index (χ3v) is 8.67. The average Bonchev–Trinajstić information content (AvgIpc) is 2.92. The fraction of sp³-hybridized carbons (Fsp3) is 0.719. The smallest absolute Gasteiger partial charge is 0.232 e. The lowest BCUT2D eigenvalue weighted by Gasteiger charge is -2.15. The quantitative estimate of drug-likeness (QED) is 0.114. The van der Waals surface area contributed by atoms with Gasteiger partial charge in [0.25, 0.3) is 0 Å². The molecule has 0 spiro atoms. The van der Waals surface area contributed by atoms with E-state index in [9.17, 15) is 0 Å². The number of hydrogen-bond donors (Lipinski definition) is 0. The SMILES string of the molecule is CCCCCCCCOc1cnc(-c2cccnc2[Si]CCCCC(C)CCC(C)CCCCC)cn1. The molecule has 0 saturated carbocycles. The molecule has 0 N–H and O–H groups in total. The molecule has 0 aliphatic carbocycles. The highest BCUT2D eigenvalue weighted by Crippen LogP contribution is 2.22. The molecule has 2 unspecified atom stereocenters. The van der Waals surface area contributed by atoms with Crippen molar-refractivity contribution in [1.82, 2.24) is 15.0 Å². The zero-order valence-electron chi connectivity index (χ0n) is 24.3. The van der Waals surface area contributed by atoms with Crippen LogP contribution in [-0.2, 0) is 0 Å². The molecule has 2 heterocycles. The third kappa shape index (κ3) is 14.1. The molecule has 0 saturated heterocycles. The summed E-state index contributed by atoms with van der Waals surface area (Å²) in [6, 6.07) is 5.33. The van der Waals surface area contributed by atoms with E-state index < -0.39 is 0 Å². The molecule has 206 valence electrons.